The minimum Gasteiger partial charge on any atom is -0.383 e. The van der Waals surface area contributed by atoms with Crippen molar-refractivity contribution in [2.75, 3.05) is 18.8 Å². The van der Waals surface area contributed by atoms with Gasteiger partial charge in [-0.1, -0.05) is 13.8 Å². The van der Waals surface area contributed by atoms with Crippen LogP contribution in [-0.4, -0.2) is 37.7 Å². The highest BCUT2D eigenvalue weighted by molar-refractivity contribution is 5.84. The van der Waals surface area contributed by atoms with Gasteiger partial charge in [0.05, 0.1) is 18.1 Å². The molecule has 1 aliphatic heterocycles. The van der Waals surface area contributed by atoms with Gasteiger partial charge in [0.15, 0.2) is 5.65 Å². The third kappa shape index (κ3) is 2.47. The first-order chi connectivity index (χ1) is 9.44. The van der Waals surface area contributed by atoms with Gasteiger partial charge in [0.25, 0.3) is 0 Å². The summed E-state index contributed by atoms with van der Waals surface area (Å²) in [7, 11) is 1.88. The quantitative estimate of drug-likeness (QED) is 0.900. The Bertz CT molecular complexity index is 630. The molecule has 0 radical (unpaired) electrons. The zero-order valence-corrected chi connectivity index (χ0v) is 12.4. The summed E-state index contributed by atoms with van der Waals surface area (Å²) in [5, 5.41) is 5.02. The largest absolute Gasteiger partial charge is 0.383 e. The molecular weight excluding hydrogens is 252 g/mol. The van der Waals surface area contributed by atoms with Gasteiger partial charge in [0.1, 0.15) is 11.6 Å². The molecule has 6 heteroatoms. The van der Waals surface area contributed by atoms with Crippen LogP contribution in [0.5, 0.6) is 0 Å². The number of piperidine rings is 1. The first-order valence-corrected chi connectivity index (χ1v) is 7.11. The van der Waals surface area contributed by atoms with Crippen LogP contribution in [0.25, 0.3) is 11.0 Å². The van der Waals surface area contributed by atoms with E-state index in [4.69, 9.17) is 5.73 Å². The van der Waals surface area contributed by atoms with E-state index >= 15 is 0 Å². The van der Waals surface area contributed by atoms with Crippen LogP contribution in [0.15, 0.2) is 6.20 Å². The number of nitrogen functional groups attached to an aromatic ring is 1. The molecule has 0 bridgehead atoms. The fraction of sp³-hybridized carbons (Fsp3) is 0.643. The van der Waals surface area contributed by atoms with Crippen molar-refractivity contribution in [3.63, 3.8) is 0 Å². The summed E-state index contributed by atoms with van der Waals surface area (Å²) in [5.74, 6) is 1.31. The van der Waals surface area contributed by atoms with Gasteiger partial charge in [-0.3, -0.25) is 9.58 Å². The minimum absolute atomic E-state index is 0.375. The summed E-state index contributed by atoms with van der Waals surface area (Å²) in [5.41, 5.74) is 7.19. The van der Waals surface area contributed by atoms with E-state index in [1.165, 1.54) is 12.8 Å². The standard InChI is InChI=1S/C14H22N6/c1-14(2)5-4-6-20(9-14)8-11-17-12(15)10-7-16-19(3)13(10)18-11/h7H,4-6,8-9H2,1-3H3,(H2,15,17,18). The maximum absolute atomic E-state index is 6.01. The Hall–Kier alpha value is -1.69. The van der Waals surface area contributed by atoms with Crippen LogP contribution >= 0.6 is 0 Å². The Labute approximate surface area is 119 Å². The highest BCUT2D eigenvalue weighted by Gasteiger charge is 2.26. The molecule has 0 aromatic carbocycles. The highest BCUT2D eigenvalue weighted by Crippen LogP contribution is 2.29. The molecule has 0 unspecified atom stereocenters. The monoisotopic (exact) mass is 274 g/mol. The van der Waals surface area contributed by atoms with Gasteiger partial charge >= 0.3 is 0 Å². The highest BCUT2D eigenvalue weighted by atomic mass is 15.3. The smallest absolute Gasteiger partial charge is 0.163 e. The van der Waals surface area contributed by atoms with Crippen LogP contribution in [0.1, 0.15) is 32.5 Å². The minimum atomic E-state index is 0.375. The summed E-state index contributed by atoms with van der Waals surface area (Å²) in [4.78, 5) is 11.5. The fourth-order valence-electron chi connectivity index (χ4n) is 3.04. The molecule has 2 N–H and O–H groups in total. The molecular formula is C14H22N6. The Morgan fingerprint density at radius 2 is 2.15 bits per heavy atom. The Balaban J connectivity index is 1.85. The molecule has 3 heterocycles. The molecule has 1 fully saturated rings. The van der Waals surface area contributed by atoms with E-state index in [0.717, 1.165) is 36.5 Å². The average molecular weight is 274 g/mol. The van der Waals surface area contributed by atoms with Gasteiger partial charge in [-0.2, -0.15) is 5.10 Å². The van der Waals surface area contributed by atoms with Gasteiger partial charge < -0.3 is 5.73 Å². The van der Waals surface area contributed by atoms with Crippen molar-refractivity contribution in [2.45, 2.75) is 33.2 Å². The number of aromatic nitrogens is 4. The molecule has 0 amide bonds. The number of nitrogens with two attached hydrogens (primary N) is 1. The zero-order chi connectivity index (χ0) is 14.3. The predicted octanol–water partition coefficient (Wildman–Crippen LogP) is 1.57. The number of fused-ring (bicyclic) bond motifs is 1. The van der Waals surface area contributed by atoms with Crippen LogP contribution in [0.2, 0.25) is 0 Å². The molecule has 0 atom stereocenters. The lowest BCUT2D eigenvalue weighted by molar-refractivity contribution is 0.109. The number of aryl methyl sites for hydroxylation is 1. The van der Waals surface area contributed by atoms with E-state index in [9.17, 15) is 0 Å². The lowest BCUT2D eigenvalue weighted by Crippen LogP contribution is -2.39. The maximum Gasteiger partial charge on any atom is 0.163 e. The summed E-state index contributed by atoms with van der Waals surface area (Å²) in [6, 6.07) is 0. The Kier molecular flexibility index (Phi) is 3.12. The number of nitrogens with zero attached hydrogens (tertiary/aromatic N) is 5. The van der Waals surface area contributed by atoms with E-state index in [-0.39, 0.29) is 0 Å². The van der Waals surface area contributed by atoms with Gasteiger partial charge in [-0.25, -0.2) is 9.97 Å². The average Bonchev–Trinajstić information content (AvgIpc) is 2.70. The van der Waals surface area contributed by atoms with E-state index in [1.807, 2.05) is 7.05 Å². The lowest BCUT2D eigenvalue weighted by atomic mass is 9.84. The van der Waals surface area contributed by atoms with Crippen LogP contribution in [-0.2, 0) is 13.6 Å². The number of anilines is 1. The summed E-state index contributed by atoms with van der Waals surface area (Å²) < 4.78 is 1.75. The number of hydrogen-bond donors (Lipinski definition) is 1. The van der Waals surface area contributed by atoms with Crippen LogP contribution in [0.3, 0.4) is 0 Å². The molecule has 0 aliphatic carbocycles. The molecule has 108 valence electrons. The SMILES string of the molecule is Cn1ncc2c(N)nc(CN3CCCC(C)(C)C3)nc21. The van der Waals surface area contributed by atoms with Crippen LogP contribution in [0, 0.1) is 5.41 Å². The second-order valence-electron chi connectivity index (χ2n) is 6.51. The third-order valence-electron chi connectivity index (χ3n) is 4.01. The van der Waals surface area contributed by atoms with Crippen LogP contribution in [0.4, 0.5) is 5.82 Å². The second kappa shape index (κ2) is 4.70. The van der Waals surface area contributed by atoms with E-state index in [2.05, 4.69) is 33.8 Å². The molecule has 1 saturated heterocycles. The zero-order valence-electron chi connectivity index (χ0n) is 12.4. The van der Waals surface area contributed by atoms with Crippen molar-refractivity contribution in [3.05, 3.63) is 12.0 Å². The molecule has 2 aromatic rings. The Morgan fingerprint density at radius 3 is 2.90 bits per heavy atom. The fourth-order valence-corrected chi connectivity index (χ4v) is 3.04. The van der Waals surface area contributed by atoms with Crippen molar-refractivity contribution in [2.24, 2.45) is 12.5 Å². The topological polar surface area (TPSA) is 72.9 Å². The first-order valence-electron chi connectivity index (χ1n) is 7.11. The summed E-state index contributed by atoms with van der Waals surface area (Å²) in [6.07, 6.45) is 4.24. The number of likely N-dealkylation sites (tertiary alicyclic amines) is 1. The second-order valence-corrected chi connectivity index (χ2v) is 6.51. The van der Waals surface area contributed by atoms with Gasteiger partial charge in [-0.15, -0.1) is 0 Å². The summed E-state index contributed by atoms with van der Waals surface area (Å²) in [6.45, 7) is 7.59. The molecule has 0 spiro atoms. The van der Waals surface area contributed by atoms with Gasteiger partial charge in [-0.05, 0) is 24.8 Å². The maximum atomic E-state index is 6.01. The van der Waals surface area contributed by atoms with Crippen molar-refractivity contribution in [1.29, 1.82) is 0 Å². The van der Waals surface area contributed by atoms with Crippen molar-refractivity contribution >= 4 is 16.9 Å². The molecule has 20 heavy (non-hydrogen) atoms. The Morgan fingerprint density at radius 1 is 1.35 bits per heavy atom. The van der Waals surface area contributed by atoms with Crippen LogP contribution < -0.4 is 5.73 Å². The van der Waals surface area contributed by atoms with Crippen molar-refractivity contribution in [1.82, 2.24) is 24.6 Å². The number of rotatable bonds is 2. The molecule has 6 nitrogen and oxygen atoms in total. The van der Waals surface area contributed by atoms with Crippen molar-refractivity contribution in [3.8, 4) is 0 Å². The molecule has 2 aromatic heterocycles. The number of hydrogen-bond acceptors (Lipinski definition) is 5. The summed E-state index contributed by atoms with van der Waals surface area (Å²) >= 11 is 0. The third-order valence-corrected chi connectivity index (χ3v) is 4.01. The first kappa shape index (κ1) is 13.3. The van der Waals surface area contributed by atoms with E-state index in [0.29, 0.717) is 11.2 Å². The van der Waals surface area contributed by atoms with Gasteiger partial charge in [0, 0.05) is 13.6 Å². The molecule has 0 saturated carbocycles. The predicted molar refractivity (Wildman–Crippen MR) is 79.0 cm³/mol. The van der Waals surface area contributed by atoms with Crippen molar-refractivity contribution < 1.29 is 0 Å². The molecule has 1 aliphatic rings. The molecule has 3 rings (SSSR count). The lowest BCUT2D eigenvalue weighted by Gasteiger charge is -2.37. The normalized spacial score (nSPS) is 19.6. The van der Waals surface area contributed by atoms with E-state index in [1.54, 1.807) is 10.9 Å². The van der Waals surface area contributed by atoms with E-state index < -0.39 is 0 Å². The van der Waals surface area contributed by atoms with Gasteiger partial charge in [0.2, 0.25) is 0 Å².